The number of thioether (sulfide) groups is 1. The van der Waals surface area contributed by atoms with Crippen molar-refractivity contribution in [2.24, 2.45) is 4.99 Å². The van der Waals surface area contributed by atoms with Crippen LogP contribution in [0.3, 0.4) is 0 Å². The van der Waals surface area contributed by atoms with Crippen LogP contribution in [0.2, 0.25) is 0 Å². The highest BCUT2D eigenvalue weighted by Crippen LogP contribution is 2.38. The van der Waals surface area contributed by atoms with Crippen LogP contribution in [-0.2, 0) is 11.4 Å². The van der Waals surface area contributed by atoms with Crippen LogP contribution in [0.1, 0.15) is 35.3 Å². The van der Waals surface area contributed by atoms with E-state index in [1.54, 1.807) is 47.4 Å². The molecule has 4 rings (SSSR count). The van der Waals surface area contributed by atoms with Gasteiger partial charge in [0.15, 0.2) is 16.7 Å². The smallest absolute Gasteiger partial charge is 0.335 e. The van der Waals surface area contributed by atoms with Crippen LogP contribution in [0.15, 0.2) is 70.6 Å². The van der Waals surface area contributed by atoms with E-state index in [2.05, 4.69) is 27.6 Å². The van der Waals surface area contributed by atoms with E-state index >= 15 is 0 Å². The maximum absolute atomic E-state index is 13.3. The highest BCUT2D eigenvalue weighted by molar-refractivity contribution is 14.1. The van der Waals surface area contributed by atoms with Gasteiger partial charge in [-0.2, -0.15) is 0 Å². The third-order valence-electron chi connectivity index (χ3n) is 5.44. The van der Waals surface area contributed by atoms with Crippen molar-refractivity contribution in [3.63, 3.8) is 0 Å². The van der Waals surface area contributed by atoms with Gasteiger partial charge in [-0.1, -0.05) is 12.1 Å². The Morgan fingerprint density at radius 3 is 2.58 bits per heavy atom. The van der Waals surface area contributed by atoms with Crippen molar-refractivity contribution in [3.8, 4) is 11.5 Å². The molecule has 1 saturated heterocycles. The van der Waals surface area contributed by atoms with Gasteiger partial charge < -0.3 is 14.6 Å². The summed E-state index contributed by atoms with van der Waals surface area (Å²) in [5, 5.41) is 9.76. The van der Waals surface area contributed by atoms with Crippen molar-refractivity contribution < 1.29 is 28.6 Å². The molecule has 0 atom stereocenters. The third kappa shape index (κ3) is 6.54. The molecule has 38 heavy (non-hydrogen) atoms. The Kier molecular flexibility index (Phi) is 9.05. The number of aromatic carboxylic acids is 1. The predicted octanol–water partition coefficient (Wildman–Crippen LogP) is 6.73. The van der Waals surface area contributed by atoms with Gasteiger partial charge in [0.1, 0.15) is 12.4 Å². The van der Waals surface area contributed by atoms with Crippen molar-refractivity contribution in [2.45, 2.75) is 20.5 Å². The molecule has 0 unspecified atom stereocenters. The molecule has 3 aromatic carbocycles. The van der Waals surface area contributed by atoms with Crippen molar-refractivity contribution in [1.29, 1.82) is 0 Å². The highest BCUT2D eigenvalue weighted by Gasteiger charge is 2.32. The Balaban J connectivity index is 1.60. The van der Waals surface area contributed by atoms with Gasteiger partial charge in [-0.05, 0) is 114 Å². The molecule has 0 aliphatic carbocycles. The lowest BCUT2D eigenvalue weighted by molar-refractivity contribution is -0.122. The number of aliphatic imine (C=N–C) groups is 1. The minimum absolute atomic E-state index is 0.162. The number of likely N-dealkylation sites (N-methyl/N-ethyl adjacent to an activating group) is 1. The zero-order valence-electron chi connectivity index (χ0n) is 20.6. The Morgan fingerprint density at radius 2 is 1.89 bits per heavy atom. The topological polar surface area (TPSA) is 88.4 Å². The van der Waals surface area contributed by atoms with Crippen molar-refractivity contribution in [2.75, 3.05) is 13.2 Å². The van der Waals surface area contributed by atoms with Crippen LogP contribution in [0.25, 0.3) is 6.08 Å². The molecule has 1 aliphatic heterocycles. The number of halogens is 2. The second kappa shape index (κ2) is 12.4. The normalized spacial score (nSPS) is 15.4. The molecule has 1 amide bonds. The lowest BCUT2D eigenvalue weighted by Gasteiger charge is -2.15. The lowest BCUT2D eigenvalue weighted by Crippen LogP contribution is -2.28. The fourth-order valence-electron chi connectivity index (χ4n) is 3.67. The number of nitrogens with zero attached hydrogens (tertiary/aromatic N) is 2. The number of carbonyl (C=O) groups is 2. The number of carboxylic acids is 1. The molecular formula is C28H24FIN2O5S. The Labute approximate surface area is 237 Å². The minimum atomic E-state index is -0.999. The number of carboxylic acid groups (broad SMARTS) is 1. The molecule has 7 nitrogen and oxygen atoms in total. The van der Waals surface area contributed by atoms with Crippen molar-refractivity contribution in [3.05, 3.63) is 91.6 Å². The number of benzene rings is 3. The summed E-state index contributed by atoms with van der Waals surface area (Å²) in [6, 6.07) is 16.1. The fourth-order valence-corrected chi connectivity index (χ4v) is 5.52. The molecule has 1 N–H and O–H groups in total. The van der Waals surface area contributed by atoms with E-state index in [0.29, 0.717) is 40.4 Å². The lowest BCUT2D eigenvalue weighted by atomic mass is 10.1. The van der Waals surface area contributed by atoms with Gasteiger partial charge in [0.25, 0.3) is 5.91 Å². The summed E-state index contributed by atoms with van der Waals surface area (Å²) in [5.74, 6) is -0.457. The zero-order valence-corrected chi connectivity index (χ0v) is 23.6. The molecular weight excluding hydrogens is 622 g/mol. The quantitative estimate of drug-likeness (QED) is 0.205. The first-order valence-electron chi connectivity index (χ1n) is 11.8. The Hall–Kier alpha value is -3.38. The van der Waals surface area contributed by atoms with Crippen molar-refractivity contribution >= 4 is 63.2 Å². The van der Waals surface area contributed by atoms with Crippen LogP contribution in [0, 0.1) is 9.39 Å². The number of hydrogen-bond donors (Lipinski definition) is 1. The standard InChI is InChI=1S/C28H24FIN2O5S/c1-3-32-26(33)24(38-28(32)31-21-10-8-20(29)9-11-21)15-18-13-22(30)25(23(14-18)36-4-2)37-16-17-6-5-7-19(12-17)27(34)35/h5-15H,3-4,16H2,1-2H3,(H,34,35)/b24-15+,31-28?. The maximum Gasteiger partial charge on any atom is 0.335 e. The molecule has 0 bridgehead atoms. The van der Waals surface area contributed by atoms with Crippen LogP contribution < -0.4 is 9.47 Å². The van der Waals surface area contributed by atoms with E-state index in [1.165, 1.54) is 30.0 Å². The number of amides is 1. The average molecular weight is 646 g/mol. The van der Waals surface area contributed by atoms with E-state index in [1.807, 2.05) is 19.9 Å². The summed E-state index contributed by atoms with van der Waals surface area (Å²) < 4.78 is 25.9. The average Bonchev–Trinajstić information content (AvgIpc) is 3.18. The van der Waals surface area contributed by atoms with Gasteiger partial charge in [0, 0.05) is 6.54 Å². The first-order chi connectivity index (χ1) is 18.3. The fraction of sp³-hybridized carbons (Fsp3) is 0.179. The van der Waals surface area contributed by atoms with Gasteiger partial charge in [0.2, 0.25) is 0 Å². The van der Waals surface area contributed by atoms with E-state index in [9.17, 15) is 19.1 Å². The summed E-state index contributed by atoms with van der Waals surface area (Å²) >= 11 is 3.41. The summed E-state index contributed by atoms with van der Waals surface area (Å²) in [4.78, 5) is 31.0. The van der Waals surface area contributed by atoms with Gasteiger partial charge in [-0.3, -0.25) is 9.69 Å². The second-order valence-corrected chi connectivity index (χ2v) is 10.3. The molecule has 3 aromatic rings. The van der Waals surface area contributed by atoms with E-state index < -0.39 is 5.97 Å². The summed E-state index contributed by atoms with van der Waals surface area (Å²) in [6.45, 7) is 4.76. The Morgan fingerprint density at radius 1 is 1.13 bits per heavy atom. The Bertz CT molecular complexity index is 1430. The molecule has 0 saturated carbocycles. The van der Waals surface area contributed by atoms with Crippen LogP contribution >= 0.6 is 34.4 Å². The number of amidine groups is 1. The minimum Gasteiger partial charge on any atom is -0.490 e. The molecule has 1 heterocycles. The number of ether oxygens (including phenoxy) is 2. The first kappa shape index (κ1) is 27.6. The molecule has 10 heteroatoms. The molecule has 1 aliphatic rings. The number of carbonyl (C=O) groups excluding carboxylic acids is 1. The van der Waals surface area contributed by atoms with E-state index in [0.717, 1.165) is 14.7 Å². The number of hydrogen-bond acceptors (Lipinski definition) is 6. The number of rotatable bonds is 9. The molecule has 196 valence electrons. The third-order valence-corrected chi connectivity index (χ3v) is 7.25. The molecule has 1 fully saturated rings. The predicted molar refractivity (Wildman–Crippen MR) is 155 cm³/mol. The van der Waals surface area contributed by atoms with Crippen LogP contribution in [0.4, 0.5) is 10.1 Å². The summed E-state index contributed by atoms with van der Waals surface area (Å²) in [7, 11) is 0. The van der Waals surface area contributed by atoms with Gasteiger partial charge in [0.05, 0.1) is 26.3 Å². The van der Waals surface area contributed by atoms with E-state index in [4.69, 9.17) is 9.47 Å². The van der Waals surface area contributed by atoms with E-state index in [-0.39, 0.29) is 23.9 Å². The van der Waals surface area contributed by atoms with Crippen LogP contribution in [-0.4, -0.2) is 40.2 Å². The van der Waals surface area contributed by atoms with Crippen molar-refractivity contribution in [1.82, 2.24) is 4.90 Å². The second-order valence-electron chi connectivity index (χ2n) is 8.09. The SMILES string of the molecule is CCOc1cc(/C=C2/SC(=Nc3ccc(F)cc3)N(CC)C2=O)cc(I)c1OCc1cccc(C(=O)O)c1. The van der Waals surface area contributed by atoms with Gasteiger partial charge >= 0.3 is 5.97 Å². The highest BCUT2D eigenvalue weighted by atomic mass is 127. The molecule has 0 spiro atoms. The molecule has 0 aromatic heterocycles. The largest absolute Gasteiger partial charge is 0.490 e. The van der Waals surface area contributed by atoms with Gasteiger partial charge in [-0.15, -0.1) is 0 Å². The van der Waals surface area contributed by atoms with Gasteiger partial charge in [-0.25, -0.2) is 14.2 Å². The monoisotopic (exact) mass is 646 g/mol. The van der Waals surface area contributed by atoms with Crippen LogP contribution in [0.5, 0.6) is 11.5 Å². The first-order valence-corrected chi connectivity index (χ1v) is 13.7. The molecule has 0 radical (unpaired) electrons. The summed E-state index contributed by atoms with van der Waals surface area (Å²) in [5.41, 5.74) is 2.22. The zero-order chi connectivity index (χ0) is 27.2. The maximum atomic E-state index is 13.3. The summed E-state index contributed by atoms with van der Waals surface area (Å²) in [6.07, 6.45) is 1.79.